The van der Waals surface area contributed by atoms with Crippen LogP contribution < -0.4 is 0 Å². The molecule has 2 aromatic heterocycles. The smallest absolute Gasteiger partial charge is 0.160 e. The molecule has 41 heavy (non-hydrogen) atoms. The second kappa shape index (κ2) is 9.25. The highest BCUT2D eigenvalue weighted by Crippen LogP contribution is 2.39. The first-order valence-electron chi connectivity index (χ1n) is 13.6. The van der Waals surface area contributed by atoms with Gasteiger partial charge in [0.05, 0.1) is 16.9 Å². The summed E-state index contributed by atoms with van der Waals surface area (Å²) < 4.78 is 0. The Morgan fingerprint density at radius 1 is 0.415 bits per heavy atom. The van der Waals surface area contributed by atoms with E-state index in [2.05, 4.69) is 66.7 Å². The van der Waals surface area contributed by atoms with Gasteiger partial charge in [-0.3, -0.25) is 0 Å². The lowest BCUT2D eigenvalue weighted by Crippen LogP contribution is -1.95. The van der Waals surface area contributed by atoms with Crippen LogP contribution in [-0.2, 0) is 0 Å². The predicted octanol–water partition coefficient (Wildman–Crippen LogP) is 9.19. The summed E-state index contributed by atoms with van der Waals surface area (Å²) in [6, 6.07) is 44.9. The van der Waals surface area contributed by atoms with Crippen LogP contribution in [0.1, 0.15) is 0 Å². The van der Waals surface area contributed by atoms with Crippen LogP contribution in [0.4, 0.5) is 0 Å². The molecule has 1 N–H and O–H groups in total. The minimum absolute atomic E-state index is 0.177. The third-order valence-corrected chi connectivity index (χ3v) is 7.76. The molecule has 6 aromatic carbocycles. The number of phenols is 1. The number of benzene rings is 6. The molecule has 0 fully saturated rings. The van der Waals surface area contributed by atoms with E-state index < -0.39 is 0 Å². The van der Waals surface area contributed by atoms with Crippen molar-refractivity contribution in [2.75, 3.05) is 0 Å². The van der Waals surface area contributed by atoms with Crippen molar-refractivity contribution >= 4 is 43.4 Å². The Labute approximate surface area is 236 Å². The molecule has 0 spiro atoms. The van der Waals surface area contributed by atoms with Crippen molar-refractivity contribution in [3.8, 4) is 39.7 Å². The van der Waals surface area contributed by atoms with Crippen LogP contribution in [0.15, 0.2) is 133 Å². The first-order valence-corrected chi connectivity index (χ1v) is 13.6. The maximum Gasteiger partial charge on any atom is 0.160 e. The zero-order valence-electron chi connectivity index (χ0n) is 22.0. The molecule has 0 saturated heterocycles. The fraction of sp³-hybridized carbons (Fsp3) is 0. The summed E-state index contributed by atoms with van der Waals surface area (Å²) in [5.41, 5.74) is 6.19. The number of aromatic hydroxyl groups is 1. The Hall–Kier alpha value is -5.61. The van der Waals surface area contributed by atoms with Gasteiger partial charge in [-0.1, -0.05) is 121 Å². The Balaban J connectivity index is 1.34. The maximum atomic E-state index is 10.8. The molecule has 0 amide bonds. The highest BCUT2D eigenvalue weighted by molar-refractivity contribution is 6.23. The molecule has 0 aliphatic carbocycles. The second-order valence-electron chi connectivity index (χ2n) is 10.2. The number of hydrogen-bond donors (Lipinski definition) is 1. The molecule has 0 aliphatic heterocycles. The van der Waals surface area contributed by atoms with Crippen molar-refractivity contribution < 1.29 is 5.11 Å². The Kier molecular flexibility index (Phi) is 5.25. The first-order chi connectivity index (χ1) is 20.2. The van der Waals surface area contributed by atoms with Gasteiger partial charge in [0.1, 0.15) is 11.3 Å². The van der Waals surface area contributed by atoms with E-state index in [0.717, 1.165) is 65.9 Å². The molecule has 2 heterocycles. The van der Waals surface area contributed by atoms with Gasteiger partial charge in [-0.25, -0.2) is 15.0 Å². The SMILES string of the molecule is Oc1cccc2c1nc(-c1ccc(-c3nc(-c4ccccc4)nc4ccccc34)cc1)c1ccc3ccccc3c12. The maximum absolute atomic E-state index is 10.8. The minimum Gasteiger partial charge on any atom is -0.506 e. The topological polar surface area (TPSA) is 58.9 Å². The number of pyridine rings is 1. The molecule has 8 rings (SSSR count). The molecular weight excluding hydrogens is 502 g/mol. The molecule has 0 saturated carbocycles. The van der Waals surface area contributed by atoms with E-state index in [0.29, 0.717) is 11.3 Å². The highest BCUT2D eigenvalue weighted by atomic mass is 16.3. The van der Waals surface area contributed by atoms with Crippen LogP contribution in [0.3, 0.4) is 0 Å². The largest absolute Gasteiger partial charge is 0.506 e. The lowest BCUT2D eigenvalue weighted by molar-refractivity contribution is 0.480. The van der Waals surface area contributed by atoms with Gasteiger partial charge in [-0.15, -0.1) is 0 Å². The summed E-state index contributed by atoms with van der Waals surface area (Å²) in [6.07, 6.45) is 0. The van der Waals surface area contributed by atoms with Gasteiger partial charge in [-0.2, -0.15) is 0 Å². The fourth-order valence-corrected chi connectivity index (χ4v) is 5.80. The predicted molar refractivity (Wildman–Crippen MR) is 168 cm³/mol. The van der Waals surface area contributed by atoms with Crippen LogP contribution in [0.2, 0.25) is 0 Å². The minimum atomic E-state index is 0.177. The summed E-state index contributed by atoms with van der Waals surface area (Å²) >= 11 is 0. The number of phenolic OH excluding ortho intramolecular Hbond substituents is 1. The van der Waals surface area contributed by atoms with E-state index in [1.54, 1.807) is 6.07 Å². The molecular formula is C37H23N3O. The van der Waals surface area contributed by atoms with Gasteiger partial charge in [0.25, 0.3) is 0 Å². The number of rotatable bonds is 3. The van der Waals surface area contributed by atoms with Crippen molar-refractivity contribution in [3.05, 3.63) is 133 Å². The number of nitrogens with zero attached hydrogens (tertiary/aromatic N) is 3. The van der Waals surface area contributed by atoms with Crippen molar-refractivity contribution in [1.29, 1.82) is 0 Å². The summed E-state index contributed by atoms with van der Waals surface area (Å²) in [7, 11) is 0. The summed E-state index contributed by atoms with van der Waals surface area (Å²) in [5.74, 6) is 0.879. The van der Waals surface area contributed by atoms with Gasteiger partial charge in [0, 0.05) is 38.2 Å². The average Bonchev–Trinajstić information content (AvgIpc) is 3.04. The third-order valence-electron chi connectivity index (χ3n) is 7.76. The fourth-order valence-electron chi connectivity index (χ4n) is 5.80. The zero-order chi connectivity index (χ0) is 27.3. The van der Waals surface area contributed by atoms with Crippen LogP contribution in [0, 0.1) is 0 Å². The van der Waals surface area contributed by atoms with E-state index in [9.17, 15) is 5.11 Å². The lowest BCUT2D eigenvalue weighted by atomic mass is 9.94. The summed E-state index contributed by atoms with van der Waals surface area (Å²) in [6.45, 7) is 0. The summed E-state index contributed by atoms with van der Waals surface area (Å²) in [4.78, 5) is 14.9. The van der Waals surface area contributed by atoms with Crippen LogP contribution in [0.25, 0.3) is 77.3 Å². The van der Waals surface area contributed by atoms with E-state index in [1.165, 1.54) is 0 Å². The molecule has 4 heteroatoms. The molecule has 0 unspecified atom stereocenters. The standard InChI is InChI=1S/C37H23N3O/c41-32-16-8-14-29-33-27-12-5-4-9-23(27)21-22-30(33)35(39-36(29)32)25-19-17-24(18-20-25)34-28-13-6-7-15-31(28)38-37(40-34)26-10-2-1-3-11-26/h1-22,41H. The number of para-hydroxylation sites is 2. The van der Waals surface area contributed by atoms with Crippen molar-refractivity contribution in [2.45, 2.75) is 0 Å². The first kappa shape index (κ1) is 23.3. The zero-order valence-corrected chi connectivity index (χ0v) is 22.0. The highest BCUT2D eigenvalue weighted by Gasteiger charge is 2.16. The molecule has 0 atom stereocenters. The summed E-state index contributed by atoms with van der Waals surface area (Å²) in [5, 5.41) is 17.2. The molecule has 0 aliphatic rings. The third kappa shape index (κ3) is 3.80. The number of hydrogen-bond acceptors (Lipinski definition) is 4. The van der Waals surface area contributed by atoms with Crippen LogP contribution in [0.5, 0.6) is 5.75 Å². The molecule has 0 bridgehead atoms. The van der Waals surface area contributed by atoms with Gasteiger partial charge in [0.2, 0.25) is 0 Å². The normalized spacial score (nSPS) is 11.5. The number of fused-ring (bicyclic) bond motifs is 6. The molecule has 0 radical (unpaired) electrons. The van der Waals surface area contributed by atoms with Gasteiger partial charge < -0.3 is 5.11 Å². The number of aromatic nitrogens is 3. The van der Waals surface area contributed by atoms with E-state index in [-0.39, 0.29) is 5.75 Å². The lowest BCUT2D eigenvalue weighted by Gasteiger charge is -2.14. The Morgan fingerprint density at radius 3 is 1.88 bits per heavy atom. The Bertz CT molecular complexity index is 2260. The van der Waals surface area contributed by atoms with Crippen LogP contribution in [-0.4, -0.2) is 20.1 Å². The second-order valence-corrected chi connectivity index (χ2v) is 10.2. The average molecular weight is 526 g/mol. The molecule has 4 nitrogen and oxygen atoms in total. The molecule has 192 valence electrons. The van der Waals surface area contributed by atoms with Crippen molar-refractivity contribution in [1.82, 2.24) is 15.0 Å². The quantitative estimate of drug-likeness (QED) is 0.234. The Morgan fingerprint density at radius 2 is 1.07 bits per heavy atom. The van der Waals surface area contributed by atoms with E-state index in [1.807, 2.05) is 60.7 Å². The van der Waals surface area contributed by atoms with Gasteiger partial charge in [0.15, 0.2) is 5.82 Å². The van der Waals surface area contributed by atoms with Crippen molar-refractivity contribution in [2.24, 2.45) is 0 Å². The van der Waals surface area contributed by atoms with Gasteiger partial charge >= 0.3 is 0 Å². The molecule has 8 aromatic rings. The van der Waals surface area contributed by atoms with Crippen molar-refractivity contribution in [3.63, 3.8) is 0 Å². The van der Waals surface area contributed by atoms with Gasteiger partial charge in [-0.05, 0) is 22.9 Å². The van der Waals surface area contributed by atoms with E-state index in [4.69, 9.17) is 15.0 Å². The monoisotopic (exact) mass is 525 g/mol. The van der Waals surface area contributed by atoms with Crippen LogP contribution >= 0.6 is 0 Å². The van der Waals surface area contributed by atoms with E-state index >= 15 is 0 Å².